The number of likely N-dealkylation sites (tertiary alicyclic amines) is 1. The van der Waals surface area contributed by atoms with Crippen LogP contribution >= 0.6 is 0 Å². The van der Waals surface area contributed by atoms with Crippen molar-refractivity contribution in [2.75, 3.05) is 19.8 Å². The number of aliphatic hydroxyl groups excluding tert-OH is 2. The summed E-state index contributed by atoms with van der Waals surface area (Å²) in [5.74, 6) is 0.844. The molecule has 0 radical (unpaired) electrons. The first-order valence-electron chi connectivity index (χ1n) is 7.99. The molecule has 0 aliphatic carbocycles. The number of aliphatic hydroxyl groups is 2. The molecule has 2 aliphatic heterocycles. The van der Waals surface area contributed by atoms with Crippen molar-refractivity contribution >= 4 is 0 Å². The molecule has 0 bridgehead atoms. The maximum atomic E-state index is 10.8. The number of ether oxygens (including phenoxy) is 1. The molecule has 2 heterocycles. The number of rotatable bonds is 3. The van der Waals surface area contributed by atoms with Crippen LogP contribution in [0.15, 0.2) is 18.2 Å². The fourth-order valence-electron chi connectivity index (χ4n) is 3.77. The van der Waals surface area contributed by atoms with E-state index >= 15 is 0 Å². The predicted molar refractivity (Wildman–Crippen MR) is 81.5 cm³/mol. The number of piperidine rings is 1. The zero-order valence-corrected chi connectivity index (χ0v) is 12.7. The number of nitrogens with zero attached hydrogens (tertiary/aromatic N) is 1. The average Bonchev–Trinajstić information content (AvgIpc) is 2.50. The average molecular weight is 291 g/mol. The van der Waals surface area contributed by atoms with Crippen LogP contribution in [-0.2, 0) is 0 Å². The Morgan fingerprint density at radius 3 is 3.00 bits per heavy atom. The van der Waals surface area contributed by atoms with Gasteiger partial charge in [-0.15, -0.1) is 0 Å². The zero-order valence-electron chi connectivity index (χ0n) is 12.7. The van der Waals surface area contributed by atoms with E-state index in [9.17, 15) is 10.2 Å². The minimum Gasteiger partial charge on any atom is -0.491 e. The SMILES string of the molecule is Cc1cccc2c1OCC(N1CCCCC1CCO)C2O. The fourth-order valence-corrected chi connectivity index (χ4v) is 3.77. The van der Waals surface area contributed by atoms with E-state index in [4.69, 9.17) is 4.74 Å². The number of para-hydroxylation sites is 1. The van der Waals surface area contributed by atoms with Gasteiger partial charge in [0.25, 0.3) is 0 Å². The van der Waals surface area contributed by atoms with Gasteiger partial charge < -0.3 is 14.9 Å². The second kappa shape index (κ2) is 6.34. The molecule has 0 spiro atoms. The van der Waals surface area contributed by atoms with Crippen molar-refractivity contribution in [3.05, 3.63) is 29.3 Å². The number of aryl methyl sites for hydroxylation is 1. The van der Waals surface area contributed by atoms with Crippen LogP contribution < -0.4 is 4.74 Å². The standard InChI is InChI=1S/C17H25NO3/c1-12-5-4-7-14-16(20)15(11-21-17(12)14)18-9-3-2-6-13(18)8-10-19/h4-5,7,13,15-16,19-20H,2-3,6,8-11H2,1H3. The Hall–Kier alpha value is -1.10. The van der Waals surface area contributed by atoms with Gasteiger partial charge >= 0.3 is 0 Å². The normalized spacial score (nSPS) is 29.8. The van der Waals surface area contributed by atoms with E-state index in [-0.39, 0.29) is 12.6 Å². The summed E-state index contributed by atoms with van der Waals surface area (Å²) in [7, 11) is 0. The number of fused-ring (bicyclic) bond motifs is 1. The van der Waals surface area contributed by atoms with Crippen LogP contribution in [0.1, 0.15) is 42.9 Å². The summed E-state index contributed by atoms with van der Waals surface area (Å²) in [5.41, 5.74) is 1.98. The Morgan fingerprint density at radius 1 is 1.33 bits per heavy atom. The first-order valence-corrected chi connectivity index (χ1v) is 7.99. The van der Waals surface area contributed by atoms with Crippen LogP contribution in [0.2, 0.25) is 0 Å². The molecule has 2 aliphatic rings. The molecule has 3 rings (SSSR count). The molecule has 1 saturated heterocycles. The van der Waals surface area contributed by atoms with Crippen molar-refractivity contribution in [3.63, 3.8) is 0 Å². The van der Waals surface area contributed by atoms with Gasteiger partial charge in [0.15, 0.2) is 0 Å². The van der Waals surface area contributed by atoms with Crippen molar-refractivity contribution in [3.8, 4) is 5.75 Å². The third-order valence-electron chi connectivity index (χ3n) is 4.88. The highest BCUT2D eigenvalue weighted by Crippen LogP contribution is 2.38. The first kappa shape index (κ1) is 14.8. The monoisotopic (exact) mass is 291 g/mol. The van der Waals surface area contributed by atoms with Gasteiger partial charge in [-0.1, -0.05) is 24.6 Å². The van der Waals surface area contributed by atoms with Crippen molar-refractivity contribution in [1.82, 2.24) is 4.90 Å². The zero-order chi connectivity index (χ0) is 14.8. The van der Waals surface area contributed by atoms with E-state index < -0.39 is 6.10 Å². The fraction of sp³-hybridized carbons (Fsp3) is 0.647. The minimum atomic E-state index is -0.507. The molecular weight excluding hydrogens is 266 g/mol. The Bertz CT molecular complexity index is 489. The van der Waals surface area contributed by atoms with Crippen LogP contribution in [0.25, 0.3) is 0 Å². The molecule has 0 saturated carbocycles. The molecule has 3 atom stereocenters. The maximum Gasteiger partial charge on any atom is 0.128 e. The lowest BCUT2D eigenvalue weighted by molar-refractivity contribution is -0.0334. The number of hydrogen-bond acceptors (Lipinski definition) is 4. The minimum absolute atomic E-state index is 0.00356. The third kappa shape index (κ3) is 2.80. The molecule has 1 fully saturated rings. The lowest BCUT2D eigenvalue weighted by Crippen LogP contribution is -2.53. The Balaban J connectivity index is 1.83. The third-order valence-corrected chi connectivity index (χ3v) is 4.88. The Labute approximate surface area is 126 Å². The van der Waals surface area contributed by atoms with Crippen molar-refractivity contribution in [2.24, 2.45) is 0 Å². The summed E-state index contributed by atoms with van der Waals surface area (Å²) in [5, 5.41) is 20.1. The number of hydrogen-bond donors (Lipinski definition) is 2. The molecule has 4 heteroatoms. The van der Waals surface area contributed by atoms with Crippen molar-refractivity contribution in [2.45, 2.75) is 50.8 Å². The summed E-state index contributed by atoms with van der Waals surface area (Å²) in [6, 6.07) is 6.31. The van der Waals surface area contributed by atoms with E-state index in [0.717, 1.165) is 42.7 Å². The van der Waals surface area contributed by atoms with E-state index in [1.165, 1.54) is 6.42 Å². The molecule has 4 nitrogen and oxygen atoms in total. The van der Waals surface area contributed by atoms with E-state index in [1.54, 1.807) is 0 Å². The van der Waals surface area contributed by atoms with E-state index in [1.807, 2.05) is 25.1 Å². The summed E-state index contributed by atoms with van der Waals surface area (Å²) in [6.07, 6.45) is 3.74. The molecule has 3 unspecified atom stereocenters. The quantitative estimate of drug-likeness (QED) is 0.894. The van der Waals surface area contributed by atoms with Crippen LogP contribution in [0.4, 0.5) is 0 Å². The predicted octanol–water partition coefficient (Wildman–Crippen LogP) is 2.03. The summed E-state index contributed by atoms with van der Waals surface area (Å²) >= 11 is 0. The second-order valence-corrected chi connectivity index (χ2v) is 6.22. The lowest BCUT2D eigenvalue weighted by Gasteiger charge is -2.45. The Kier molecular flexibility index (Phi) is 4.48. The van der Waals surface area contributed by atoms with Crippen molar-refractivity contribution < 1.29 is 14.9 Å². The molecule has 21 heavy (non-hydrogen) atoms. The van der Waals surface area contributed by atoms with E-state index in [0.29, 0.717) is 12.6 Å². The van der Waals surface area contributed by atoms with Gasteiger partial charge in [0.1, 0.15) is 18.5 Å². The molecule has 1 aromatic carbocycles. The van der Waals surface area contributed by atoms with Gasteiger partial charge in [-0.2, -0.15) is 0 Å². The van der Waals surface area contributed by atoms with Crippen LogP contribution in [0, 0.1) is 6.92 Å². The van der Waals surface area contributed by atoms with Gasteiger partial charge in [-0.3, -0.25) is 4.90 Å². The topological polar surface area (TPSA) is 52.9 Å². The molecule has 116 valence electrons. The maximum absolute atomic E-state index is 10.8. The van der Waals surface area contributed by atoms with Gasteiger partial charge in [-0.25, -0.2) is 0 Å². The largest absolute Gasteiger partial charge is 0.491 e. The van der Waals surface area contributed by atoms with Gasteiger partial charge in [-0.05, 0) is 38.3 Å². The summed E-state index contributed by atoms with van der Waals surface area (Å²) < 4.78 is 5.95. The number of benzene rings is 1. The molecule has 0 amide bonds. The molecule has 1 aromatic rings. The highest BCUT2D eigenvalue weighted by atomic mass is 16.5. The van der Waals surface area contributed by atoms with Gasteiger partial charge in [0.05, 0.1) is 6.04 Å². The summed E-state index contributed by atoms with van der Waals surface area (Å²) in [4.78, 5) is 2.36. The van der Waals surface area contributed by atoms with Gasteiger partial charge in [0.2, 0.25) is 0 Å². The highest BCUT2D eigenvalue weighted by Gasteiger charge is 2.38. The second-order valence-electron chi connectivity index (χ2n) is 6.22. The molecule has 2 N–H and O–H groups in total. The van der Waals surface area contributed by atoms with Crippen LogP contribution in [0.3, 0.4) is 0 Å². The lowest BCUT2D eigenvalue weighted by atomic mass is 9.91. The van der Waals surface area contributed by atoms with Crippen LogP contribution in [0.5, 0.6) is 5.75 Å². The highest BCUT2D eigenvalue weighted by molar-refractivity contribution is 5.44. The Morgan fingerprint density at radius 2 is 2.19 bits per heavy atom. The van der Waals surface area contributed by atoms with E-state index in [2.05, 4.69) is 4.90 Å². The summed E-state index contributed by atoms with van der Waals surface area (Å²) in [6.45, 7) is 3.74. The smallest absolute Gasteiger partial charge is 0.128 e. The first-order chi connectivity index (χ1) is 10.2. The van der Waals surface area contributed by atoms with Gasteiger partial charge in [0, 0.05) is 18.2 Å². The molecular formula is C17H25NO3. The van der Waals surface area contributed by atoms with Crippen molar-refractivity contribution in [1.29, 1.82) is 0 Å². The molecule has 0 aromatic heterocycles. The van der Waals surface area contributed by atoms with Crippen LogP contribution in [-0.4, -0.2) is 47.0 Å².